The van der Waals surface area contributed by atoms with Crippen molar-refractivity contribution in [3.8, 4) is 0 Å². The van der Waals surface area contributed by atoms with E-state index in [1.54, 1.807) is 0 Å². The molecule has 1 saturated heterocycles. The van der Waals surface area contributed by atoms with Crippen LogP contribution in [0.2, 0.25) is 0 Å². The summed E-state index contributed by atoms with van der Waals surface area (Å²) < 4.78 is 21.6. The maximum absolute atomic E-state index is 11.7. The van der Waals surface area contributed by atoms with Crippen LogP contribution in [0.1, 0.15) is 6.23 Å². The molecule has 214 valence electrons. The molecule has 0 aliphatic carbocycles. The number of nitrogens with zero attached hydrogens (tertiary/aromatic N) is 3. The smallest absolute Gasteiger partial charge is 0.469 e. The van der Waals surface area contributed by atoms with E-state index in [-0.39, 0.29) is 28.6 Å². The molecule has 2 aromatic heterocycles. The van der Waals surface area contributed by atoms with Crippen LogP contribution >= 0.6 is 29.4 Å². The Morgan fingerprint density at radius 2 is 1.71 bits per heavy atom. The molecule has 0 aromatic carbocycles. The van der Waals surface area contributed by atoms with Gasteiger partial charge in [-0.1, -0.05) is 21.6 Å². The van der Waals surface area contributed by atoms with Gasteiger partial charge in [0.15, 0.2) is 17.4 Å². The summed E-state index contributed by atoms with van der Waals surface area (Å²) in [6.07, 6.45) is -4.22. The van der Waals surface area contributed by atoms with Crippen molar-refractivity contribution in [2.75, 3.05) is 23.8 Å². The van der Waals surface area contributed by atoms with Gasteiger partial charge in [-0.05, 0) is 0 Å². The highest BCUT2D eigenvalue weighted by molar-refractivity contribution is 8.76. The number of aliphatic carboxylic acids is 2. The molecule has 38 heavy (non-hydrogen) atoms. The summed E-state index contributed by atoms with van der Waals surface area (Å²) in [5.74, 6) is -1.86. The number of carbonyl (C=O) groups is 2. The van der Waals surface area contributed by atoms with Crippen molar-refractivity contribution in [3.63, 3.8) is 0 Å². The number of aromatic amines is 1. The van der Waals surface area contributed by atoms with Gasteiger partial charge in [-0.3, -0.25) is 28.5 Å². The molecule has 13 N–H and O–H groups in total. The minimum Gasteiger partial charge on any atom is -0.480 e. The second-order valence-corrected chi connectivity index (χ2v) is 11.4. The highest BCUT2D eigenvalue weighted by Crippen LogP contribution is 2.38. The Morgan fingerprint density at radius 3 is 2.21 bits per heavy atom. The van der Waals surface area contributed by atoms with Crippen molar-refractivity contribution >= 4 is 58.5 Å². The topological polar surface area (TPSA) is 333 Å². The normalized spacial score (nSPS) is 23.0. The Bertz CT molecular complexity index is 1200. The van der Waals surface area contributed by atoms with E-state index in [4.69, 9.17) is 41.9 Å². The molecular weight excluding hydrogens is 577 g/mol. The molecule has 1 fully saturated rings. The maximum atomic E-state index is 11.7. The number of nitrogen functional groups attached to an aromatic ring is 1. The summed E-state index contributed by atoms with van der Waals surface area (Å²) >= 11 is 0. The molecule has 19 nitrogen and oxygen atoms in total. The second-order valence-electron chi connectivity index (χ2n) is 7.57. The first-order valence-corrected chi connectivity index (χ1v) is 14.3. The Kier molecular flexibility index (Phi) is 11.5. The fourth-order valence-corrected chi connectivity index (χ4v) is 5.35. The third-order valence-electron chi connectivity index (χ3n) is 4.68. The molecule has 1 aliphatic heterocycles. The molecule has 0 saturated carbocycles. The van der Waals surface area contributed by atoms with Crippen molar-refractivity contribution in [3.05, 3.63) is 16.7 Å². The van der Waals surface area contributed by atoms with Crippen LogP contribution in [0, 0.1) is 0 Å². The van der Waals surface area contributed by atoms with E-state index in [0.717, 1.165) is 0 Å². The number of ether oxygens (including phenoxy) is 1. The molecular formula is C16H26N7O12PS2. The van der Waals surface area contributed by atoms with E-state index in [9.17, 15) is 29.2 Å². The Morgan fingerprint density at radius 1 is 1.16 bits per heavy atom. The molecule has 0 radical (unpaired) electrons. The number of rotatable bonds is 11. The molecule has 1 aliphatic rings. The van der Waals surface area contributed by atoms with E-state index in [1.807, 2.05) is 0 Å². The molecule has 3 heterocycles. The summed E-state index contributed by atoms with van der Waals surface area (Å²) in [6, 6.07) is -1.85. The van der Waals surface area contributed by atoms with E-state index in [2.05, 4.69) is 19.5 Å². The van der Waals surface area contributed by atoms with Gasteiger partial charge in [0.1, 0.15) is 30.4 Å². The summed E-state index contributed by atoms with van der Waals surface area (Å²) in [7, 11) is -2.36. The van der Waals surface area contributed by atoms with Gasteiger partial charge >= 0.3 is 19.8 Å². The molecule has 2 unspecified atom stereocenters. The molecule has 0 spiro atoms. The lowest BCUT2D eigenvalue weighted by atomic mass is 10.1. The fourth-order valence-electron chi connectivity index (χ4n) is 2.78. The van der Waals surface area contributed by atoms with Crippen LogP contribution in [0.5, 0.6) is 0 Å². The highest BCUT2D eigenvalue weighted by atomic mass is 33.1. The Hall–Kier alpha value is -2.30. The molecule has 2 aromatic rings. The number of aliphatic hydroxyl groups is 2. The first-order chi connectivity index (χ1) is 17.6. The third kappa shape index (κ3) is 8.88. The highest BCUT2D eigenvalue weighted by Gasteiger charge is 2.45. The van der Waals surface area contributed by atoms with Crippen LogP contribution in [0.25, 0.3) is 11.2 Å². The summed E-state index contributed by atoms with van der Waals surface area (Å²) in [4.78, 5) is 59.7. The van der Waals surface area contributed by atoms with Crippen molar-refractivity contribution < 1.29 is 53.6 Å². The van der Waals surface area contributed by atoms with Gasteiger partial charge in [-0.25, -0.2) is 9.55 Å². The predicted molar refractivity (Wildman–Crippen MR) is 133 cm³/mol. The quantitative estimate of drug-likeness (QED) is 0.0680. The monoisotopic (exact) mass is 603 g/mol. The summed E-state index contributed by atoms with van der Waals surface area (Å²) in [5, 5.41) is 36.9. The number of aromatic nitrogens is 4. The number of phosphoric acid groups is 1. The number of carboxylic acid groups (broad SMARTS) is 2. The average Bonchev–Trinajstić information content (AvgIpc) is 3.35. The van der Waals surface area contributed by atoms with Gasteiger partial charge in [0.25, 0.3) is 5.56 Å². The standard InChI is InChI=1S/C10H14N5O8P.C6H12N2O4S2/c11-10-13-7-4(8(18)14-10)12-2-15(7)9-6(17)5(16)3(23-9)1-22-24(19,20)21;7-3(5(9)10)1-13-14-2-4(8)6(11)12/h2-3,5-6,9,16-17H,1H2,(H2,19,20,21)(H3,11,13,14,18);3-4H,1-2,7-8H2,(H,9,10)(H,11,12)/t3-,5-,6-,9-;/m1./s1. The number of phosphoric ester groups is 1. The van der Waals surface area contributed by atoms with Crippen molar-refractivity contribution in [1.82, 2.24) is 19.5 Å². The number of nitrogens with one attached hydrogen (secondary N) is 1. The number of imidazole rings is 1. The van der Waals surface area contributed by atoms with Crippen molar-refractivity contribution in [2.24, 2.45) is 11.5 Å². The number of fused-ring (bicyclic) bond motifs is 1. The van der Waals surface area contributed by atoms with E-state index in [1.165, 1.54) is 32.5 Å². The number of nitrogens with two attached hydrogens (primary N) is 3. The number of H-pyrrole nitrogens is 1. The zero-order chi connectivity index (χ0) is 28.8. The number of hydrogen-bond donors (Lipinski definition) is 10. The predicted octanol–water partition coefficient (Wildman–Crippen LogP) is -3.38. The zero-order valence-corrected chi connectivity index (χ0v) is 21.7. The third-order valence-corrected chi connectivity index (χ3v) is 7.64. The molecule has 6 atom stereocenters. The maximum Gasteiger partial charge on any atom is 0.469 e. The van der Waals surface area contributed by atoms with Gasteiger partial charge in [-0.2, -0.15) is 4.98 Å². The van der Waals surface area contributed by atoms with Crippen LogP contribution in [-0.2, 0) is 23.4 Å². The van der Waals surface area contributed by atoms with E-state index >= 15 is 0 Å². The lowest BCUT2D eigenvalue weighted by Crippen LogP contribution is -2.33. The molecule has 0 bridgehead atoms. The summed E-state index contributed by atoms with van der Waals surface area (Å²) in [6.45, 7) is -0.651. The van der Waals surface area contributed by atoms with Crippen LogP contribution < -0.4 is 22.8 Å². The minimum atomic E-state index is -4.76. The number of carboxylic acids is 2. The van der Waals surface area contributed by atoms with E-state index < -0.39 is 68.6 Å². The van der Waals surface area contributed by atoms with Crippen LogP contribution in [0.15, 0.2) is 11.1 Å². The molecule has 22 heteroatoms. The lowest BCUT2D eigenvalue weighted by molar-refractivity contribution is -0.138. The van der Waals surface area contributed by atoms with Crippen molar-refractivity contribution in [1.29, 1.82) is 0 Å². The van der Waals surface area contributed by atoms with Crippen LogP contribution in [0.3, 0.4) is 0 Å². The number of anilines is 1. The summed E-state index contributed by atoms with van der Waals surface area (Å²) in [5.41, 5.74) is 15.3. The van der Waals surface area contributed by atoms with Crippen LogP contribution in [-0.4, -0.2) is 110 Å². The number of hydrogen-bond acceptors (Lipinski definition) is 15. The zero-order valence-electron chi connectivity index (χ0n) is 19.1. The van der Waals surface area contributed by atoms with Gasteiger partial charge in [0, 0.05) is 11.5 Å². The second kappa shape index (κ2) is 13.7. The molecule has 3 rings (SSSR count). The molecule has 0 amide bonds. The first kappa shape index (κ1) is 31.9. The van der Waals surface area contributed by atoms with Crippen molar-refractivity contribution in [2.45, 2.75) is 36.6 Å². The largest absolute Gasteiger partial charge is 0.480 e. The van der Waals surface area contributed by atoms with E-state index in [0.29, 0.717) is 0 Å². The number of aliphatic hydroxyl groups excluding tert-OH is 2. The SMILES string of the molecule is NC(CSSCC(N)C(=O)O)C(=O)O.Nc1nc2c(ncn2[C@@H]2O[C@H](COP(=O)(O)O)[C@@H](O)[C@H]2O)c(=O)[nH]1. The average molecular weight is 604 g/mol. The first-order valence-electron chi connectivity index (χ1n) is 10.3. The minimum absolute atomic E-state index is 0.0176. The van der Waals surface area contributed by atoms with Gasteiger partial charge in [-0.15, -0.1) is 0 Å². The Balaban J connectivity index is 0.000000312. The van der Waals surface area contributed by atoms with Gasteiger partial charge < -0.3 is 52.2 Å². The van der Waals surface area contributed by atoms with Gasteiger partial charge in [0.2, 0.25) is 5.95 Å². The van der Waals surface area contributed by atoms with Gasteiger partial charge in [0.05, 0.1) is 12.9 Å². The fraction of sp³-hybridized carbons (Fsp3) is 0.562. The Labute approximate surface area is 220 Å². The lowest BCUT2D eigenvalue weighted by Gasteiger charge is -2.16. The van der Waals surface area contributed by atoms with Crippen LogP contribution in [0.4, 0.5) is 5.95 Å².